The number of carbonyl (C=O) groups excluding carboxylic acids is 1. The fourth-order valence-electron chi connectivity index (χ4n) is 2.37. The molecular formula is C15H22N2O2. The number of benzene rings is 1. The van der Waals surface area contributed by atoms with Gasteiger partial charge in [-0.2, -0.15) is 0 Å². The molecule has 0 radical (unpaired) electrons. The number of hydrogen-bond donors (Lipinski definition) is 2. The van der Waals surface area contributed by atoms with Crippen LogP contribution in [-0.4, -0.2) is 24.7 Å². The van der Waals surface area contributed by atoms with E-state index in [0.29, 0.717) is 12.2 Å². The fourth-order valence-corrected chi connectivity index (χ4v) is 2.37. The van der Waals surface area contributed by atoms with E-state index in [2.05, 4.69) is 17.6 Å². The molecule has 1 aromatic rings. The molecule has 4 heteroatoms. The maximum atomic E-state index is 11.0. The SMILES string of the molecule is CC(=O)Nc1ccc(NCC2CCC(C)O2)cc1C. The number of nitrogens with one attached hydrogen (secondary N) is 2. The van der Waals surface area contributed by atoms with Crippen LogP contribution in [0.15, 0.2) is 18.2 Å². The molecule has 0 aromatic heterocycles. The van der Waals surface area contributed by atoms with E-state index in [-0.39, 0.29) is 5.91 Å². The monoisotopic (exact) mass is 262 g/mol. The Bertz CT molecular complexity index is 459. The van der Waals surface area contributed by atoms with Crippen molar-refractivity contribution in [2.75, 3.05) is 17.2 Å². The Labute approximate surface area is 114 Å². The number of rotatable bonds is 4. The summed E-state index contributed by atoms with van der Waals surface area (Å²) < 4.78 is 5.77. The van der Waals surface area contributed by atoms with Gasteiger partial charge in [0.15, 0.2) is 0 Å². The predicted octanol–water partition coefficient (Wildman–Crippen LogP) is 2.93. The van der Waals surface area contributed by atoms with E-state index in [1.165, 1.54) is 6.92 Å². The molecule has 4 nitrogen and oxygen atoms in total. The Morgan fingerprint density at radius 1 is 1.42 bits per heavy atom. The molecule has 2 atom stereocenters. The maximum absolute atomic E-state index is 11.0. The van der Waals surface area contributed by atoms with Crippen molar-refractivity contribution in [3.63, 3.8) is 0 Å². The van der Waals surface area contributed by atoms with Gasteiger partial charge in [0.1, 0.15) is 0 Å². The summed E-state index contributed by atoms with van der Waals surface area (Å²) >= 11 is 0. The smallest absolute Gasteiger partial charge is 0.221 e. The van der Waals surface area contributed by atoms with Crippen molar-refractivity contribution in [2.45, 2.75) is 45.8 Å². The van der Waals surface area contributed by atoms with Crippen molar-refractivity contribution < 1.29 is 9.53 Å². The molecule has 2 N–H and O–H groups in total. The van der Waals surface area contributed by atoms with Crippen molar-refractivity contribution in [1.82, 2.24) is 0 Å². The van der Waals surface area contributed by atoms with E-state index in [1.54, 1.807) is 0 Å². The summed E-state index contributed by atoms with van der Waals surface area (Å²) in [6.45, 7) is 6.46. The van der Waals surface area contributed by atoms with Crippen LogP contribution in [0.1, 0.15) is 32.3 Å². The van der Waals surface area contributed by atoms with Crippen molar-refractivity contribution in [3.05, 3.63) is 23.8 Å². The molecule has 19 heavy (non-hydrogen) atoms. The first-order valence-electron chi connectivity index (χ1n) is 6.82. The molecule has 1 aliphatic heterocycles. The van der Waals surface area contributed by atoms with E-state index < -0.39 is 0 Å². The third kappa shape index (κ3) is 3.96. The zero-order chi connectivity index (χ0) is 13.8. The third-order valence-electron chi connectivity index (χ3n) is 3.39. The summed E-state index contributed by atoms with van der Waals surface area (Å²) in [6.07, 6.45) is 2.96. The maximum Gasteiger partial charge on any atom is 0.221 e. The molecule has 0 spiro atoms. The van der Waals surface area contributed by atoms with Crippen LogP contribution in [0.2, 0.25) is 0 Å². The van der Waals surface area contributed by atoms with E-state index in [4.69, 9.17) is 4.74 Å². The molecular weight excluding hydrogens is 240 g/mol. The number of hydrogen-bond acceptors (Lipinski definition) is 3. The first-order valence-corrected chi connectivity index (χ1v) is 6.82. The second kappa shape index (κ2) is 6.06. The Kier molecular flexibility index (Phi) is 4.43. The van der Waals surface area contributed by atoms with Gasteiger partial charge in [0.25, 0.3) is 0 Å². The largest absolute Gasteiger partial charge is 0.382 e. The number of amides is 1. The number of carbonyl (C=O) groups is 1. The highest BCUT2D eigenvalue weighted by Gasteiger charge is 2.21. The van der Waals surface area contributed by atoms with Crippen molar-refractivity contribution >= 4 is 17.3 Å². The van der Waals surface area contributed by atoms with E-state index in [1.807, 2.05) is 25.1 Å². The van der Waals surface area contributed by atoms with E-state index in [0.717, 1.165) is 36.3 Å². The van der Waals surface area contributed by atoms with E-state index in [9.17, 15) is 4.79 Å². The van der Waals surface area contributed by atoms with E-state index >= 15 is 0 Å². The van der Waals surface area contributed by atoms with Gasteiger partial charge in [0.05, 0.1) is 12.2 Å². The van der Waals surface area contributed by atoms with Gasteiger partial charge in [0.2, 0.25) is 5.91 Å². The quantitative estimate of drug-likeness (QED) is 0.877. The lowest BCUT2D eigenvalue weighted by molar-refractivity contribution is -0.114. The highest BCUT2D eigenvalue weighted by atomic mass is 16.5. The minimum Gasteiger partial charge on any atom is -0.382 e. The molecule has 2 rings (SSSR count). The van der Waals surface area contributed by atoms with Crippen molar-refractivity contribution in [1.29, 1.82) is 0 Å². The van der Waals surface area contributed by atoms with Gasteiger partial charge in [-0.1, -0.05) is 0 Å². The molecule has 104 valence electrons. The summed E-state index contributed by atoms with van der Waals surface area (Å²) in [6, 6.07) is 5.96. The summed E-state index contributed by atoms with van der Waals surface area (Å²) in [5, 5.41) is 6.20. The van der Waals surface area contributed by atoms with Crippen LogP contribution in [0, 0.1) is 6.92 Å². The van der Waals surface area contributed by atoms with Crippen LogP contribution >= 0.6 is 0 Å². The van der Waals surface area contributed by atoms with Crippen molar-refractivity contribution in [3.8, 4) is 0 Å². The highest BCUT2D eigenvalue weighted by Crippen LogP contribution is 2.22. The molecule has 2 unspecified atom stereocenters. The van der Waals surface area contributed by atoms with Gasteiger partial charge in [0, 0.05) is 24.8 Å². The summed E-state index contributed by atoms with van der Waals surface area (Å²) in [7, 11) is 0. The molecule has 0 saturated carbocycles. The van der Waals surface area contributed by atoms with Gasteiger partial charge >= 0.3 is 0 Å². The average Bonchev–Trinajstić information content (AvgIpc) is 2.75. The molecule has 1 heterocycles. The Hall–Kier alpha value is -1.55. The van der Waals surface area contributed by atoms with Crippen LogP contribution in [0.5, 0.6) is 0 Å². The Balaban J connectivity index is 1.90. The fraction of sp³-hybridized carbons (Fsp3) is 0.533. The number of ether oxygens (including phenoxy) is 1. The van der Waals surface area contributed by atoms with Gasteiger partial charge in [-0.3, -0.25) is 4.79 Å². The predicted molar refractivity (Wildman–Crippen MR) is 77.5 cm³/mol. The van der Waals surface area contributed by atoms with Crippen LogP contribution in [0.4, 0.5) is 11.4 Å². The molecule has 1 aliphatic rings. The lowest BCUT2D eigenvalue weighted by atomic mass is 10.1. The molecule has 1 aromatic carbocycles. The first-order chi connectivity index (χ1) is 9.04. The molecule has 1 fully saturated rings. The average molecular weight is 262 g/mol. The third-order valence-corrected chi connectivity index (χ3v) is 3.39. The van der Waals surface area contributed by atoms with Crippen LogP contribution in [-0.2, 0) is 9.53 Å². The van der Waals surface area contributed by atoms with Crippen LogP contribution < -0.4 is 10.6 Å². The van der Waals surface area contributed by atoms with Gasteiger partial charge in [-0.25, -0.2) is 0 Å². The Morgan fingerprint density at radius 2 is 2.21 bits per heavy atom. The summed E-state index contributed by atoms with van der Waals surface area (Å²) in [5.74, 6) is -0.0443. The molecule has 1 amide bonds. The highest BCUT2D eigenvalue weighted by molar-refractivity contribution is 5.89. The topological polar surface area (TPSA) is 50.4 Å². The summed E-state index contributed by atoms with van der Waals surface area (Å²) in [4.78, 5) is 11.0. The minimum absolute atomic E-state index is 0.0443. The van der Waals surface area contributed by atoms with Gasteiger partial charge in [-0.05, 0) is 50.5 Å². The normalized spacial score (nSPS) is 22.3. The van der Waals surface area contributed by atoms with Crippen LogP contribution in [0.3, 0.4) is 0 Å². The lowest BCUT2D eigenvalue weighted by Crippen LogP contribution is -2.19. The zero-order valence-electron chi connectivity index (χ0n) is 11.8. The van der Waals surface area contributed by atoms with Crippen LogP contribution in [0.25, 0.3) is 0 Å². The lowest BCUT2D eigenvalue weighted by Gasteiger charge is -2.14. The zero-order valence-corrected chi connectivity index (χ0v) is 11.8. The minimum atomic E-state index is -0.0443. The number of aryl methyl sites for hydroxylation is 1. The molecule has 0 aliphatic carbocycles. The summed E-state index contributed by atoms with van der Waals surface area (Å²) in [5.41, 5.74) is 2.99. The Morgan fingerprint density at radius 3 is 2.79 bits per heavy atom. The first kappa shape index (κ1) is 13.9. The van der Waals surface area contributed by atoms with Gasteiger partial charge in [-0.15, -0.1) is 0 Å². The second-order valence-corrected chi connectivity index (χ2v) is 5.24. The van der Waals surface area contributed by atoms with Crippen molar-refractivity contribution in [2.24, 2.45) is 0 Å². The second-order valence-electron chi connectivity index (χ2n) is 5.24. The standard InChI is InChI=1S/C15H22N2O2/c1-10-8-13(5-7-15(10)17-12(3)18)16-9-14-6-4-11(2)19-14/h5,7-8,11,14,16H,4,6,9H2,1-3H3,(H,17,18). The molecule has 1 saturated heterocycles. The molecule has 0 bridgehead atoms. The van der Waals surface area contributed by atoms with Gasteiger partial charge < -0.3 is 15.4 Å². The number of anilines is 2.